The van der Waals surface area contributed by atoms with Crippen LogP contribution < -0.4 is 5.32 Å². The van der Waals surface area contributed by atoms with E-state index in [1.165, 1.54) is 12.1 Å². The van der Waals surface area contributed by atoms with Gasteiger partial charge in [-0.2, -0.15) is 5.10 Å². The average molecular weight is 586 g/mol. The van der Waals surface area contributed by atoms with Crippen LogP contribution in [-0.2, 0) is 6.54 Å². The van der Waals surface area contributed by atoms with Crippen LogP contribution in [0.2, 0.25) is 0 Å². The summed E-state index contributed by atoms with van der Waals surface area (Å²) in [4.78, 5) is 21.9. The summed E-state index contributed by atoms with van der Waals surface area (Å²) in [5, 5.41) is 15.7. The Labute approximate surface area is 215 Å². The van der Waals surface area contributed by atoms with Crippen molar-refractivity contribution >= 4 is 34.3 Å². The molecule has 35 heavy (non-hydrogen) atoms. The van der Waals surface area contributed by atoms with Gasteiger partial charge in [0.1, 0.15) is 23.7 Å². The lowest BCUT2D eigenvalue weighted by atomic mass is 10.1. The highest BCUT2D eigenvalue weighted by molar-refractivity contribution is 14.1. The molecule has 1 N–H and O–H groups in total. The number of unbranched alkanes of at least 4 members (excludes halogenated alkanes) is 1. The molecule has 1 aliphatic rings. The molecule has 11 heteroatoms. The Hall–Kier alpha value is -3.22. The molecule has 180 valence electrons. The van der Waals surface area contributed by atoms with Crippen molar-refractivity contribution in [3.05, 3.63) is 63.3 Å². The molecular weight excluding hydrogens is 562 g/mol. The maximum Gasteiger partial charge on any atom is 0.259 e. The number of nitrogens with zero attached hydrogens (tertiary/aromatic N) is 7. The van der Waals surface area contributed by atoms with E-state index >= 15 is 0 Å². The van der Waals surface area contributed by atoms with E-state index in [0.717, 1.165) is 41.9 Å². The number of carbonyl (C=O) groups is 1. The summed E-state index contributed by atoms with van der Waals surface area (Å²) in [6.07, 6.45) is 5.80. The van der Waals surface area contributed by atoms with Crippen molar-refractivity contribution in [2.45, 2.75) is 52.0 Å². The van der Waals surface area contributed by atoms with Crippen molar-refractivity contribution in [1.82, 2.24) is 34.5 Å². The molecule has 3 aromatic heterocycles. The molecule has 9 nitrogen and oxygen atoms in total. The highest BCUT2D eigenvalue weighted by Gasteiger charge is 2.28. The van der Waals surface area contributed by atoms with Crippen molar-refractivity contribution in [1.29, 1.82) is 0 Å². The number of halogens is 2. The Kier molecular flexibility index (Phi) is 6.58. The van der Waals surface area contributed by atoms with Gasteiger partial charge in [0.15, 0.2) is 15.5 Å². The first kappa shape index (κ1) is 23.5. The van der Waals surface area contributed by atoms with Crippen molar-refractivity contribution in [2.75, 3.05) is 5.32 Å². The Balaban J connectivity index is 1.40. The minimum atomic E-state index is -0.615. The van der Waals surface area contributed by atoms with Gasteiger partial charge < -0.3 is 9.88 Å². The second-order valence-electron chi connectivity index (χ2n) is 8.60. The van der Waals surface area contributed by atoms with Gasteiger partial charge in [0, 0.05) is 35.1 Å². The highest BCUT2D eigenvalue weighted by atomic mass is 127. The molecule has 0 unspecified atom stereocenters. The predicted molar refractivity (Wildman–Crippen MR) is 137 cm³/mol. The third-order valence-electron chi connectivity index (χ3n) is 5.89. The quantitative estimate of drug-likeness (QED) is 0.295. The van der Waals surface area contributed by atoms with Gasteiger partial charge in [-0.1, -0.05) is 19.4 Å². The van der Waals surface area contributed by atoms with Gasteiger partial charge in [0.25, 0.3) is 5.91 Å². The molecule has 0 radical (unpaired) electrons. The minimum Gasteiger partial charge on any atom is -0.306 e. The molecule has 0 saturated heterocycles. The van der Waals surface area contributed by atoms with Crippen LogP contribution in [0.5, 0.6) is 0 Å². The van der Waals surface area contributed by atoms with Crippen LogP contribution in [-0.4, -0.2) is 40.4 Å². The zero-order valence-electron chi connectivity index (χ0n) is 19.4. The maximum atomic E-state index is 14.8. The summed E-state index contributed by atoms with van der Waals surface area (Å²) in [5.41, 5.74) is 1.75. The summed E-state index contributed by atoms with van der Waals surface area (Å²) < 4.78 is 19.2. The van der Waals surface area contributed by atoms with Crippen molar-refractivity contribution in [3.8, 4) is 17.2 Å². The van der Waals surface area contributed by atoms with Crippen LogP contribution in [0.15, 0.2) is 36.7 Å². The van der Waals surface area contributed by atoms with E-state index < -0.39 is 11.7 Å². The monoisotopic (exact) mass is 586 g/mol. The van der Waals surface area contributed by atoms with Gasteiger partial charge in [0.2, 0.25) is 0 Å². The van der Waals surface area contributed by atoms with E-state index in [-0.39, 0.29) is 5.56 Å². The lowest BCUT2D eigenvalue weighted by Crippen LogP contribution is -2.16. The molecule has 3 heterocycles. The molecule has 0 atom stereocenters. The van der Waals surface area contributed by atoms with Crippen LogP contribution in [0.1, 0.15) is 60.3 Å². The zero-order valence-corrected chi connectivity index (χ0v) is 21.5. The van der Waals surface area contributed by atoms with E-state index in [9.17, 15) is 9.18 Å². The summed E-state index contributed by atoms with van der Waals surface area (Å²) in [7, 11) is 0. The van der Waals surface area contributed by atoms with Crippen molar-refractivity contribution in [3.63, 3.8) is 0 Å². The first-order chi connectivity index (χ1) is 16.9. The van der Waals surface area contributed by atoms with Crippen LogP contribution >= 0.6 is 22.6 Å². The third-order valence-corrected chi connectivity index (χ3v) is 6.69. The Bertz CT molecular complexity index is 1390. The number of hydrogen-bond donors (Lipinski definition) is 1. The standard InChI is InChI=1S/C24H24FIN8O/c1-3-4-10-33-22(30-31-24(33)26)18-6-5-7-20(28-18)29-23(35)16-12-19(14(2)11-17(16)25)34-13-27-21(32-34)15-8-9-15/h5-7,11-13,15H,3-4,8-10H2,1-2H3,(H,28,29,35). The SMILES string of the molecule is CCCCn1c(I)nnc1-c1cccc(NC(=O)c2cc(-n3cnc(C4CC4)n3)c(C)cc2F)n1. The number of aryl methyl sites for hydroxylation is 1. The van der Waals surface area contributed by atoms with Gasteiger partial charge in [-0.15, -0.1) is 10.2 Å². The number of aromatic nitrogens is 7. The molecule has 1 aromatic carbocycles. The second kappa shape index (κ2) is 9.80. The fraction of sp³-hybridized carbons (Fsp3) is 0.333. The van der Waals surface area contributed by atoms with E-state index in [1.807, 2.05) is 10.6 Å². The molecule has 0 aliphatic heterocycles. The Morgan fingerprint density at radius 3 is 2.86 bits per heavy atom. The first-order valence-electron chi connectivity index (χ1n) is 11.5. The molecule has 4 aromatic rings. The molecule has 0 spiro atoms. The van der Waals surface area contributed by atoms with Gasteiger partial charge in [-0.25, -0.2) is 19.0 Å². The second-order valence-corrected chi connectivity index (χ2v) is 9.57. The van der Waals surface area contributed by atoms with Crippen LogP contribution in [0.25, 0.3) is 17.2 Å². The summed E-state index contributed by atoms with van der Waals surface area (Å²) in [5.74, 6) is 0.886. The van der Waals surface area contributed by atoms with E-state index in [0.29, 0.717) is 34.5 Å². The summed E-state index contributed by atoms with van der Waals surface area (Å²) in [6.45, 7) is 4.67. The molecule has 5 rings (SSSR count). The normalized spacial score (nSPS) is 13.3. The smallest absolute Gasteiger partial charge is 0.259 e. The number of rotatable bonds is 8. The topological polar surface area (TPSA) is 103 Å². The number of pyridine rings is 1. The number of hydrogen-bond acceptors (Lipinski definition) is 6. The minimum absolute atomic E-state index is 0.0954. The highest BCUT2D eigenvalue weighted by Crippen LogP contribution is 2.38. The molecule has 1 aliphatic carbocycles. The number of carbonyl (C=O) groups excluding carboxylic acids is 1. The Morgan fingerprint density at radius 1 is 1.26 bits per heavy atom. The first-order valence-corrected chi connectivity index (χ1v) is 12.6. The zero-order chi connectivity index (χ0) is 24.5. The number of amides is 1. The maximum absolute atomic E-state index is 14.8. The van der Waals surface area contributed by atoms with Crippen LogP contribution in [0.4, 0.5) is 10.2 Å². The largest absolute Gasteiger partial charge is 0.306 e. The van der Waals surface area contributed by atoms with Crippen molar-refractivity contribution in [2.24, 2.45) is 0 Å². The molecule has 1 fully saturated rings. The molecule has 1 amide bonds. The van der Waals surface area contributed by atoms with Gasteiger partial charge in [-0.3, -0.25) is 4.79 Å². The third kappa shape index (κ3) is 4.95. The number of anilines is 1. The number of nitrogens with one attached hydrogen (secondary N) is 1. The lowest BCUT2D eigenvalue weighted by Gasteiger charge is -2.11. The Morgan fingerprint density at radius 2 is 2.09 bits per heavy atom. The molecule has 1 saturated carbocycles. The summed E-state index contributed by atoms with van der Waals surface area (Å²) in [6, 6.07) is 8.08. The average Bonchev–Trinajstić information content (AvgIpc) is 3.46. The van der Waals surface area contributed by atoms with Gasteiger partial charge >= 0.3 is 0 Å². The predicted octanol–water partition coefficient (Wildman–Crippen LogP) is 4.90. The van der Waals surface area contributed by atoms with Crippen molar-refractivity contribution < 1.29 is 9.18 Å². The fourth-order valence-electron chi connectivity index (χ4n) is 3.80. The summed E-state index contributed by atoms with van der Waals surface area (Å²) >= 11 is 2.14. The number of benzene rings is 1. The molecular formula is C24H24FIN8O. The van der Waals surface area contributed by atoms with E-state index in [2.05, 4.69) is 60.1 Å². The van der Waals surface area contributed by atoms with E-state index in [4.69, 9.17) is 0 Å². The van der Waals surface area contributed by atoms with Crippen LogP contribution in [0, 0.1) is 16.6 Å². The van der Waals surface area contributed by atoms with Gasteiger partial charge in [-0.05, 0) is 56.0 Å². The molecule has 0 bridgehead atoms. The lowest BCUT2D eigenvalue weighted by molar-refractivity contribution is 0.102. The van der Waals surface area contributed by atoms with Gasteiger partial charge in [0.05, 0.1) is 11.3 Å². The fourth-order valence-corrected chi connectivity index (χ4v) is 4.38. The van der Waals surface area contributed by atoms with E-state index in [1.54, 1.807) is 30.1 Å². The van der Waals surface area contributed by atoms with Crippen LogP contribution in [0.3, 0.4) is 0 Å².